The SMILES string of the molecule is O=C1N=C(N2CCN(c3cccc4ccccc34)CC2)S/C1=C/c1ccc(O)cc1. The molecule has 0 radical (unpaired) electrons. The van der Waals surface area contributed by atoms with Gasteiger partial charge in [-0.2, -0.15) is 4.99 Å². The fourth-order valence-electron chi connectivity index (χ4n) is 3.88. The number of aliphatic imine (C=N–C) groups is 1. The molecule has 1 saturated heterocycles. The Hall–Kier alpha value is -3.25. The maximum atomic E-state index is 12.4. The largest absolute Gasteiger partial charge is 0.508 e. The molecule has 0 aromatic heterocycles. The van der Waals surface area contributed by atoms with Crippen LogP contribution < -0.4 is 4.90 Å². The standard InChI is InChI=1S/C24H21N3O2S/c28-19-10-8-17(9-11-19)16-22-23(29)25-24(30-22)27-14-12-26(13-15-27)21-7-3-5-18-4-1-2-6-20(18)21/h1-11,16,28H,12-15H2/b22-16+. The Balaban J connectivity index is 1.27. The van der Waals surface area contributed by atoms with E-state index >= 15 is 0 Å². The van der Waals surface area contributed by atoms with Gasteiger partial charge in [-0.15, -0.1) is 0 Å². The molecule has 0 atom stereocenters. The predicted molar refractivity (Wildman–Crippen MR) is 124 cm³/mol. The average molecular weight is 416 g/mol. The van der Waals surface area contributed by atoms with E-state index < -0.39 is 0 Å². The van der Waals surface area contributed by atoms with E-state index in [2.05, 4.69) is 57.3 Å². The lowest BCUT2D eigenvalue weighted by molar-refractivity contribution is -0.113. The van der Waals surface area contributed by atoms with Crippen LogP contribution in [0.4, 0.5) is 5.69 Å². The molecule has 0 aliphatic carbocycles. The van der Waals surface area contributed by atoms with Gasteiger partial charge in [0, 0.05) is 37.3 Å². The molecular formula is C24H21N3O2S. The quantitative estimate of drug-likeness (QED) is 0.631. The van der Waals surface area contributed by atoms with Crippen molar-refractivity contribution in [3.05, 3.63) is 77.2 Å². The Morgan fingerprint density at radius 3 is 2.37 bits per heavy atom. The smallest absolute Gasteiger partial charge is 0.286 e. The number of phenolic OH excluding ortho intramolecular Hbond substituents is 1. The third-order valence-electron chi connectivity index (χ3n) is 5.46. The van der Waals surface area contributed by atoms with Gasteiger partial charge in [0.2, 0.25) is 0 Å². The molecular weight excluding hydrogens is 394 g/mol. The van der Waals surface area contributed by atoms with Crippen molar-refractivity contribution >= 4 is 45.4 Å². The van der Waals surface area contributed by atoms with Gasteiger partial charge < -0.3 is 14.9 Å². The number of hydrogen-bond donors (Lipinski definition) is 1. The second kappa shape index (κ2) is 7.88. The van der Waals surface area contributed by atoms with E-state index in [0.717, 1.165) is 36.9 Å². The molecule has 3 aromatic carbocycles. The summed E-state index contributed by atoms with van der Waals surface area (Å²) in [6, 6.07) is 21.7. The first-order valence-corrected chi connectivity index (χ1v) is 10.8. The van der Waals surface area contributed by atoms with E-state index in [1.165, 1.54) is 28.2 Å². The highest BCUT2D eigenvalue weighted by atomic mass is 32.2. The van der Waals surface area contributed by atoms with Crippen molar-refractivity contribution in [1.29, 1.82) is 0 Å². The third kappa shape index (κ3) is 3.66. The molecule has 5 nitrogen and oxygen atoms in total. The number of carbonyl (C=O) groups excluding carboxylic acids is 1. The lowest BCUT2D eigenvalue weighted by Crippen LogP contribution is -2.47. The number of hydrogen-bond acceptors (Lipinski definition) is 5. The predicted octanol–water partition coefficient (Wildman–Crippen LogP) is 4.34. The Morgan fingerprint density at radius 2 is 1.57 bits per heavy atom. The van der Waals surface area contributed by atoms with Crippen molar-refractivity contribution in [3.8, 4) is 5.75 Å². The normalized spacial score (nSPS) is 18.3. The second-order valence-electron chi connectivity index (χ2n) is 7.37. The minimum Gasteiger partial charge on any atom is -0.508 e. The summed E-state index contributed by atoms with van der Waals surface area (Å²) in [5.41, 5.74) is 2.14. The average Bonchev–Trinajstić information content (AvgIpc) is 3.15. The maximum Gasteiger partial charge on any atom is 0.286 e. The fourth-order valence-corrected chi connectivity index (χ4v) is 4.84. The number of nitrogens with zero attached hydrogens (tertiary/aromatic N) is 3. The molecule has 0 bridgehead atoms. The lowest BCUT2D eigenvalue weighted by Gasteiger charge is -2.37. The van der Waals surface area contributed by atoms with E-state index in [-0.39, 0.29) is 11.7 Å². The number of aromatic hydroxyl groups is 1. The molecule has 5 rings (SSSR count). The highest BCUT2D eigenvalue weighted by Crippen LogP contribution is 2.32. The lowest BCUT2D eigenvalue weighted by atomic mass is 10.1. The van der Waals surface area contributed by atoms with Crippen molar-refractivity contribution in [2.24, 2.45) is 4.99 Å². The Morgan fingerprint density at radius 1 is 0.867 bits per heavy atom. The van der Waals surface area contributed by atoms with Gasteiger partial charge in [0.25, 0.3) is 5.91 Å². The van der Waals surface area contributed by atoms with Gasteiger partial charge >= 0.3 is 0 Å². The molecule has 30 heavy (non-hydrogen) atoms. The highest BCUT2D eigenvalue weighted by Gasteiger charge is 2.28. The van der Waals surface area contributed by atoms with Crippen molar-refractivity contribution in [1.82, 2.24) is 4.90 Å². The van der Waals surface area contributed by atoms with E-state index in [4.69, 9.17) is 0 Å². The summed E-state index contributed by atoms with van der Waals surface area (Å²) in [5.74, 6) is 0.0168. The summed E-state index contributed by atoms with van der Waals surface area (Å²) in [4.78, 5) is 21.9. The molecule has 0 unspecified atom stereocenters. The monoisotopic (exact) mass is 415 g/mol. The number of piperazine rings is 1. The van der Waals surface area contributed by atoms with Crippen LogP contribution in [0.5, 0.6) is 5.75 Å². The van der Waals surface area contributed by atoms with Crippen LogP contribution in [0.2, 0.25) is 0 Å². The summed E-state index contributed by atoms with van der Waals surface area (Å²) in [7, 11) is 0. The summed E-state index contributed by atoms with van der Waals surface area (Å²) in [6.45, 7) is 3.43. The zero-order valence-corrected chi connectivity index (χ0v) is 17.2. The zero-order chi connectivity index (χ0) is 20.5. The van der Waals surface area contributed by atoms with Crippen LogP contribution in [0.1, 0.15) is 5.56 Å². The van der Waals surface area contributed by atoms with Crippen LogP contribution in [0.3, 0.4) is 0 Å². The third-order valence-corrected chi connectivity index (χ3v) is 6.50. The van der Waals surface area contributed by atoms with Gasteiger partial charge in [-0.25, -0.2) is 0 Å². The van der Waals surface area contributed by atoms with Gasteiger partial charge in [0.1, 0.15) is 5.75 Å². The van der Waals surface area contributed by atoms with Crippen molar-refractivity contribution in [2.75, 3.05) is 31.1 Å². The van der Waals surface area contributed by atoms with Crippen LogP contribution >= 0.6 is 11.8 Å². The van der Waals surface area contributed by atoms with E-state index in [1.54, 1.807) is 24.3 Å². The van der Waals surface area contributed by atoms with Gasteiger partial charge in [-0.1, -0.05) is 48.5 Å². The summed E-state index contributed by atoms with van der Waals surface area (Å²) < 4.78 is 0. The van der Waals surface area contributed by atoms with Crippen molar-refractivity contribution in [2.45, 2.75) is 0 Å². The first kappa shape index (κ1) is 18.8. The summed E-state index contributed by atoms with van der Waals surface area (Å²) in [6.07, 6.45) is 1.83. The molecule has 6 heteroatoms. The van der Waals surface area contributed by atoms with Gasteiger partial charge in [0.05, 0.1) is 4.91 Å². The topological polar surface area (TPSA) is 56.1 Å². The number of anilines is 1. The molecule has 2 aliphatic heterocycles. The highest BCUT2D eigenvalue weighted by molar-refractivity contribution is 8.18. The first-order valence-electron chi connectivity index (χ1n) is 9.97. The zero-order valence-electron chi connectivity index (χ0n) is 16.4. The van der Waals surface area contributed by atoms with Crippen molar-refractivity contribution < 1.29 is 9.90 Å². The molecule has 1 N–H and O–H groups in total. The summed E-state index contributed by atoms with van der Waals surface area (Å²) >= 11 is 1.43. The van der Waals surface area contributed by atoms with Crippen molar-refractivity contribution in [3.63, 3.8) is 0 Å². The second-order valence-corrected chi connectivity index (χ2v) is 8.38. The number of amides is 1. The molecule has 1 fully saturated rings. The molecule has 2 aliphatic rings. The molecule has 3 aromatic rings. The van der Waals surface area contributed by atoms with E-state index in [1.807, 2.05) is 6.08 Å². The van der Waals surface area contributed by atoms with Gasteiger partial charge in [-0.05, 0) is 47.0 Å². The minimum atomic E-state index is -0.195. The Kier molecular flexibility index (Phi) is 4.93. The van der Waals surface area contributed by atoms with Crippen LogP contribution in [0.25, 0.3) is 16.8 Å². The number of benzene rings is 3. The maximum absolute atomic E-state index is 12.4. The Bertz CT molecular complexity index is 1160. The molecule has 0 spiro atoms. The fraction of sp³-hybridized carbons (Fsp3) is 0.167. The van der Waals surface area contributed by atoms with E-state index in [9.17, 15) is 9.90 Å². The van der Waals surface area contributed by atoms with Crippen LogP contribution in [0, 0.1) is 0 Å². The van der Waals surface area contributed by atoms with Crippen LogP contribution in [-0.2, 0) is 4.79 Å². The number of fused-ring (bicyclic) bond motifs is 1. The number of phenols is 1. The molecule has 2 heterocycles. The van der Waals surface area contributed by atoms with Gasteiger partial charge in [-0.3, -0.25) is 4.79 Å². The minimum absolute atomic E-state index is 0.195. The molecule has 0 saturated carbocycles. The van der Waals surface area contributed by atoms with Gasteiger partial charge in [0.15, 0.2) is 5.17 Å². The Labute approximate surface area is 179 Å². The molecule has 1 amide bonds. The number of rotatable bonds is 2. The number of carbonyl (C=O) groups is 1. The van der Waals surface area contributed by atoms with Crippen LogP contribution in [0.15, 0.2) is 76.6 Å². The van der Waals surface area contributed by atoms with Crippen LogP contribution in [-0.4, -0.2) is 47.3 Å². The number of amidine groups is 1. The number of thioether (sulfide) groups is 1. The van der Waals surface area contributed by atoms with E-state index in [0.29, 0.717) is 4.91 Å². The summed E-state index contributed by atoms with van der Waals surface area (Å²) in [5, 5.41) is 12.7. The first-order chi connectivity index (χ1) is 14.7. The molecule has 150 valence electrons.